The van der Waals surface area contributed by atoms with Gasteiger partial charge in [0.15, 0.2) is 23.0 Å². The molecule has 0 atom stereocenters. The van der Waals surface area contributed by atoms with Crippen LogP contribution in [0.3, 0.4) is 0 Å². The molecule has 0 spiro atoms. The van der Waals surface area contributed by atoms with Crippen LogP contribution in [0.2, 0.25) is 0 Å². The van der Waals surface area contributed by atoms with Gasteiger partial charge in [0.1, 0.15) is 0 Å². The molecule has 1 aliphatic rings. The summed E-state index contributed by atoms with van der Waals surface area (Å²) in [5.41, 5.74) is 1.31. The Bertz CT molecular complexity index is 1050. The maximum atomic E-state index is 12.1. The summed E-state index contributed by atoms with van der Waals surface area (Å²) in [4.78, 5) is 13.2. The quantitative estimate of drug-likeness (QED) is 0.357. The summed E-state index contributed by atoms with van der Waals surface area (Å²) in [5.74, 6) is 1.46. The standard InChI is InChI=1S/C13H15NO4.C7H7FO4S/c1-8-7-14(13(8)15)9-5-10(16-2)12(18-4)11(6-9)17-3;1-11-6-4-2-3-5-7(6)12-13(8,9)10/h5-6H,1,7H2,2-4H3;2-5H,1H3. The van der Waals surface area contributed by atoms with Crippen LogP contribution in [0.15, 0.2) is 48.6 Å². The zero-order chi connectivity index (χ0) is 23.2. The number of methoxy groups -OCH3 is 4. The van der Waals surface area contributed by atoms with Crippen molar-refractivity contribution in [1.29, 1.82) is 0 Å². The summed E-state index contributed by atoms with van der Waals surface area (Å²) >= 11 is 0. The Morgan fingerprint density at radius 3 is 1.81 bits per heavy atom. The Labute approximate surface area is 180 Å². The lowest BCUT2D eigenvalue weighted by molar-refractivity contribution is -0.117. The number of nitrogens with zero attached hydrogens (tertiary/aromatic N) is 1. The Morgan fingerprint density at radius 2 is 1.42 bits per heavy atom. The highest BCUT2D eigenvalue weighted by Crippen LogP contribution is 2.42. The molecule has 0 radical (unpaired) electrons. The van der Waals surface area contributed by atoms with Crippen LogP contribution in [-0.4, -0.2) is 49.3 Å². The predicted molar refractivity (Wildman–Crippen MR) is 111 cm³/mol. The molecular formula is C20H22FNO8S. The minimum absolute atomic E-state index is 0.0794. The Morgan fingerprint density at radius 1 is 0.903 bits per heavy atom. The van der Waals surface area contributed by atoms with Crippen LogP contribution in [0.5, 0.6) is 28.7 Å². The van der Waals surface area contributed by atoms with Gasteiger partial charge in [0.05, 0.1) is 40.7 Å². The van der Waals surface area contributed by atoms with Gasteiger partial charge in [0.2, 0.25) is 5.75 Å². The molecule has 11 heteroatoms. The van der Waals surface area contributed by atoms with Gasteiger partial charge >= 0.3 is 10.5 Å². The molecule has 0 N–H and O–H groups in total. The second kappa shape index (κ2) is 10.0. The fourth-order valence-electron chi connectivity index (χ4n) is 2.66. The summed E-state index contributed by atoms with van der Waals surface area (Å²) in [5, 5.41) is 0. The molecular weight excluding hydrogens is 433 g/mol. The third-order valence-corrected chi connectivity index (χ3v) is 4.49. The SMILES string of the molecule is C=C1CN(c2cc(OC)c(OC)c(OC)c2)C1=O.COc1ccccc1OS(=O)(=O)F. The molecule has 1 amide bonds. The fraction of sp³-hybridized carbons (Fsp3) is 0.250. The van der Waals surface area contributed by atoms with Crippen molar-refractivity contribution in [2.24, 2.45) is 0 Å². The normalized spacial score (nSPS) is 12.9. The third kappa shape index (κ3) is 5.79. The highest BCUT2D eigenvalue weighted by atomic mass is 32.3. The summed E-state index contributed by atoms with van der Waals surface area (Å²) in [7, 11) is 0.954. The van der Waals surface area contributed by atoms with Crippen LogP contribution >= 0.6 is 0 Å². The van der Waals surface area contributed by atoms with Crippen LogP contribution in [-0.2, 0) is 15.3 Å². The van der Waals surface area contributed by atoms with Crippen molar-refractivity contribution in [3.63, 3.8) is 0 Å². The number of rotatable bonds is 7. The smallest absolute Gasteiger partial charge is 0.488 e. The lowest BCUT2D eigenvalue weighted by Gasteiger charge is -2.33. The molecule has 1 saturated heterocycles. The van der Waals surface area contributed by atoms with E-state index in [0.717, 1.165) is 0 Å². The van der Waals surface area contributed by atoms with Crippen LogP contribution in [0, 0.1) is 0 Å². The van der Waals surface area contributed by atoms with Crippen molar-refractivity contribution < 1.29 is 40.2 Å². The van der Waals surface area contributed by atoms with Crippen molar-refractivity contribution in [2.45, 2.75) is 0 Å². The minimum atomic E-state index is -4.99. The Kier molecular flexibility index (Phi) is 7.70. The topological polar surface area (TPSA) is 101 Å². The highest BCUT2D eigenvalue weighted by Gasteiger charge is 2.31. The first-order chi connectivity index (χ1) is 14.6. The van der Waals surface area contributed by atoms with Crippen LogP contribution in [0.25, 0.3) is 0 Å². The second-order valence-electron chi connectivity index (χ2n) is 6.01. The molecule has 3 rings (SSSR count). The van der Waals surface area contributed by atoms with Gasteiger partial charge in [0, 0.05) is 17.7 Å². The first kappa shape index (κ1) is 23.8. The van der Waals surface area contributed by atoms with Gasteiger partial charge in [-0.05, 0) is 12.1 Å². The fourth-order valence-corrected chi connectivity index (χ4v) is 3.01. The molecule has 31 heavy (non-hydrogen) atoms. The van der Waals surface area contributed by atoms with E-state index in [4.69, 9.17) is 18.9 Å². The molecule has 0 saturated carbocycles. The van der Waals surface area contributed by atoms with Crippen molar-refractivity contribution >= 4 is 22.1 Å². The van der Waals surface area contributed by atoms with Crippen molar-refractivity contribution in [2.75, 3.05) is 39.9 Å². The molecule has 1 fully saturated rings. The number of carbonyl (C=O) groups excluding carboxylic acids is 1. The zero-order valence-corrected chi connectivity index (χ0v) is 18.2. The molecule has 2 aromatic carbocycles. The van der Waals surface area contributed by atoms with E-state index in [-0.39, 0.29) is 17.4 Å². The monoisotopic (exact) mass is 455 g/mol. The largest absolute Gasteiger partial charge is 0.493 e. The number of hydrogen-bond donors (Lipinski definition) is 0. The van der Waals surface area contributed by atoms with Crippen LogP contribution < -0.4 is 28.0 Å². The molecule has 0 aliphatic carbocycles. The van der Waals surface area contributed by atoms with Gasteiger partial charge in [-0.15, -0.1) is 0 Å². The average Bonchev–Trinajstić information content (AvgIpc) is 2.75. The van der Waals surface area contributed by atoms with Gasteiger partial charge in [-0.25, -0.2) is 0 Å². The molecule has 1 heterocycles. The molecule has 0 bridgehead atoms. The lowest BCUT2D eigenvalue weighted by Crippen LogP contribution is -2.45. The van der Waals surface area contributed by atoms with Gasteiger partial charge < -0.3 is 28.0 Å². The van der Waals surface area contributed by atoms with E-state index in [1.807, 2.05) is 0 Å². The highest BCUT2D eigenvalue weighted by molar-refractivity contribution is 7.81. The van der Waals surface area contributed by atoms with Crippen molar-refractivity contribution in [1.82, 2.24) is 0 Å². The van der Waals surface area contributed by atoms with E-state index in [9.17, 15) is 17.1 Å². The Balaban J connectivity index is 0.000000233. The summed E-state index contributed by atoms with van der Waals surface area (Å²) in [6, 6.07) is 9.34. The minimum Gasteiger partial charge on any atom is -0.493 e. The molecule has 9 nitrogen and oxygen atoms in total. The average molecular weight is 455 g/mol. The van der Waals surface area contributed by atoms with Crippen molar-refractivity contribution in [3.8, 4) is 28.7 Å². The molecule has 1 aliphatic heterocycles. The third-order valence-electron chi connectivity index (χ3n) is 4.12. The second-order valence-corrected chi connectivity index (χ2v) is 6.96. The zero-order valence-electron chi connectivity index (χ0n) is 17.4. The van der Waals surface area contributed by atoms with Gasteiger partial charge in [-0.2, -0.15) is 8.42 Å². The van der Waals surface area contributed by atoms with Crippen LogP contribution in [0.1, 0.15) is 0 Å². The Hall–Kier alpha value is -3.47. The number of para-hydroxylation sites is 2. The summed E-state index contributed by atoms with van der Waals surface area (Å²) in [6.45, 7) is 4.18. The van der Waals surface area contributed by atoms with E-state index in [1.54, 1.807) is 23.1 Å². The predicted octanol–water partition coefficient (Wildman–Crippen LogP) is 2.90. The van der Waals surface area contributed by atoms with E-state index in [2.05, 4.69) is 10.8 Å². The number of hydrogen-bond acceptors (Lipinski definition) is 8. The number of halogens is 1. The number of amides is 1. The number of anilines is 1. The van der Waals surface area contributed by atoms with E-state index >= 15 is 0 Å². The van der Waals surface area contributed by atoms with Gasteiger partial charge in [0.25, 0.3) is 5.91 Å². The molecule has 168 valence electrons. The maximum Gasteiger partial charge on any atom is 0.488 e. The number of ether oxygens (including phenoxy) is 4. The molecule has 0 unspecified atom stereocenters. The number of benzene rings is 2. The van der Waals surface area contributed by atoms with Gasteiger partial charge in [-0.1, -0.05) is 22.6 Å². The maximum absolute atomic E-state index is 12.1. The first-order valence-corrected chi connectivity index (χ1v) is 10.0. The van der Waals surface area contributed by atoms with Gasteiger partial charge in [-0.3, -0.25) is 4.79 Å². The number of β-lactam (4-membered cyclic amide) rings is 1. The first-order valence-electron chi connectivity index (χ1n) is 8.71. The number of carbonyl (C=O) groups is 1. The van der Waals surface area contributed by atoms with Crippen molar-refractivity contribution in [3.05, 3.63) is 48.6 Å². The van der Waals surface area contributed by atoms with E-state index in [0.29, 0.717) is 35.1 Å². The summed E-state index contributed by atoms with van der Waals surface area (Å²) in [6.07, 6.45) is 0. The van der Waals surface area contributed by atoms with E-state index < -0.39 is 10.5 Å². The van der Waals surface area contributed by atoms with Crippen LogP contribution in [0.4, 0.5) is 9.57 Å². The molecule has 0 aromatic heterocycles. The molecule has 2 aromatic rings. The van der Waals surface area contributed by atoms with E-state index in [1.165, 1.54) is 46.6 Å². The summed E-state index contributed by atoms with van der Waals surface area (Å²) < 4.78 is 56.8. The lowest BCUT2D eigenvalue weighted by atomic mass is 10.1.